The van der Waals surface area contributed by atoms with Gasteiger partial charge >= 0.3 is 6.09 Å². The van der Waals surface area contributed by atoms with E-state index in [2.05, 4.69) is 13.8 Å². The SMILES string of the molecule is C[C@@H]1CCN(C(=O)C[C@H]2CCN(C(=O)OC(C)(C)C)C2)C[C@@H]1C. The summed E-state index contributed by atoms with van der Waals surface area (Å²) in [5, 5.41) is 0. The normalized spacial score (nSPS) is 28.8. The second-order valence-electron chi connectivity index (χ2n) is 8.37. The van der Waals surface area contributed by atoms with E-state index in [-0.39, 0.29) is 17.9 Å². The summed E-state index contributed by atoms with van der Waals surface area (Å²) >= 11 is 0. The van der Waals surface area contributed by atoms with Crippen LogP contribution in [-0.2, 0) is 9.53 Å². The Kier molecular flexibility index (Phi) is 5.58. The Bertz CT molecular complexity index is 444. The van der Waals surface area contributed by atoms with Crippen LogP contribution in [0.4, 0.5) is 4.79 Å². The van der Waals surface area contributed by atoms with Crippen LogP contribution >= 0.6 is 0 Å². The molecule has 23 heavy (non-hydrogen) atoms. The van der Waals surface area contributed by atoms with Crippen molar-refractivity contribution in [1.82, 2.24) is 9.80 Å². The molecule has 0 aromatic rings. The van der Waals surface area contributed by atoms with Crippen molar-refractivity contribution in [2.75, 3.05) is 26.2 Å². The molecule has 5 nitrogen and oxygen atoms in total. The number of rotatable bonds is 2. The molecule has 0 unspecified atom stereocenters. The van der Waals surface area contributed by atoms with Crippen LogP contribution in [0.2, 0.25) is 0 Å². The van der Waals surface area contributed by atoms with E-state index in [1.54, 1.807) is 4.90 Å². The van der Waals surface area contributed by atoms with Gasteiger partial charge in [-0.05, 0) is 51.4 Å². The van der Waals surface area contributed by atoms with Crippen LogP contribution in [0, 0.1) is 17.8 Å². The van der Waals surface area contributed by atoms with Crippen molar-refractivity contribution in [1.29, 1.82) is 0 Å². The summed E-state index contributed by atoms with van der Waals surface area (Å²) in [6.07, 6.45) is 2.29. The lowest BCUT2D eigenvalue weighted by molar-refractivity contribution is -0.134. The fraction of sp³-hybridized carbons (Fsp3) is 0.889. The molecule has 2 rings (SSSR count). The zero-order valence-electron chi connectivity index (χ0n) is 15.3. The van der Waals surface area contributed by atoms with E-state index in [9.17, 15) is 9.59 Å². The van der Waals surface area contributed by atoms with Crippen molar-refractivity contribution in [2.45, 2.75) is 59.5 Å². The fourth-order valence-electron chi connectivity index (χ4n) is 3.36. The summed E-state index contributed by atoms with van der Waals surface area (Å²) in [5.74, 6) is 1.80. The third-order valence-corrected chi connectivity index (χ3v) is 5.09. The summed E-state index contributed by atoms with van der Waals surface area (Å²) in [6, 6.07) is 0. The van der Waals surface area contributed by atoms with Gasteiger partial charge in [-0.2, -0.15) is 0 Å². The lowest BCUT2D eigenvalue weighted by atomic mass is 9.88. The van der Waals surface area contributed by atoms with Gasteiger partial charge < -0.3 is 14.5 Å². The Hall–Kier alpha value is -1.26. The lowest BCUT2D eigenvalue weighted by Crippen LogP contribution is -2.43. The largest absolute Gasteiger partial charge is 0.444 e. The molecule has 2 fully saturated rings. The Balaban J connectivity index is 1.79. The molecule has 0 radical (unpaired) electrons. The van der Waals surface area contributed by atoms with Gasteiger partial charge in [-0.25, -0.2) is 4.79 Å². The van der Waals surface area contributed by atoms with E-state index in [0.717, 1.165) is 25.9 Å². The molecule has 2 heterocycles. The molecule has 0 aromatic heterocycles. The molecule has 0 spiro atoms. The Morgan fingerprint density at radius 2 is 1.65 bits per heavy atom. The van der Waals surface area contributed by atoms with Crippen LogP contribution in [0.15, 0.2) is 0 Å². The second kappa shape index (κ2) is 7.10. The molecule has 0 aromatic carbocycles. The van der Waals surface area contributed by atoms with Gasteiger partial charge in [0.1, 0.15) is 5.60 Å². The number of carbonyl (C=O) groups is 2. The van der Waals surface area contributed by atoms with Crippen molar-refractivity contribution in [2.24, 2.45) is 17.8 Å². The van der Waals surface area contributed by atoms with Crippen LogP contribution < -0.4 is 0 Å². The lowest BCUT2D eigenvalue weighted by Gasteiger charge is -2.35. The van der Waals surface area contributed by atoms with Gasteiger partial charge in [-0.15, -0.1) is 0 Å². The van der Waals surface area contributed by atoms with Crippen molar-refractivity contribution in [3.63, 3.8) is 0 Å². The minimum atomic E-state index is -0.467. The molecule has 2 amide bonds. The van der Waals surface area contributed by atoms with Crippen molar-refractivity contribution >= 4 is 12.0 Å². The van der Waals surface area contributed by atoms with Crippen LogP contribution in [0.25, 0.3) is 0 Å². The van der Waals surface area contributed by atoms with E-state index >= 15 is 0 Å². The fourth-order valence-corrected chi connectivity index (χ4v) is 3.36. The number of likely N-dealkylation sites (tertiary alicyclic amines) is 2. The van der Waals surface area contributed by atoms with E-state index in [1.807, 2.05) is 25.7 Å². The maximum atomic E-state index is 12.5. The molecular formula is C18H32N2O3. The highest BCUT2D eigenvalue weighted by molar-refractivity contribution is 5.77. The van der Waals surface area contributed by atoms with Gasteiger partial charge in [-0.1, -0.05) is 13.8 Å². The van der Waals surface area contributed by atoms with Crippen molar-refractivity contribution in [3.8, 4) is 0 Å². The van der Waals surface area contributed by atoms with E-state index in [4.69, 9.17) is 4.74 Å². The Morgan fingerprint density at radius 1 is 1.00 bits per heavy atom. The van der Waals surface area contributed by atoms with Crippen molar-refractivity contribution < 1.29 is 14.3 Å². The van der Waals surface area contributed by atoms with E-state index < -0.39 is 5.60 Å². The highest BCUT2D eigenvalue weighted by Gasteiger charge is 2.33. The third-order valence-electron chi connectivity index (χ3n) is 5.09. The summed E-state index contributed by atoms with van der Waals surface area (Å²) in [5.41, 5.74) is -0.467. The molecular weight excluding hydrogens is 292 g/mol. The van der Waals surface area contributed by atoms with Gasteiger partial charge in [0, 0.05) is 32.6 Å². The first kappa shape index (κ1) is 18.1. The molecule has 0 saturated carbocycles. The number of piperidine rings is 1. The molecule has 0 N–H and O–H groups in total. The molecule has 2 aliphatic heterocycles. The Labute approximate surface area is 140 Å². The number of hydrogen-bond acceptors (Lipinski definition) is 3. The van der Waals surface area contributed by atoms with Crippen LogP contribution in [0.5, 0.6) is 0 Å². The van der Waals surface area contributed by atoms with E-state index in [1.165, 1.54) is 0 Å². The minimum Gasteiger partial charge on any atom is -0.444 e. The number of carbonyl (C=O) groups excluding carboxylic acids is 2. The average molecular weight is 324 g/mol. The number of nitrogens with zero attached hydrogens (tertiary/aromatic N) is 2. The monoisotopic (exact) mass is 324 g/mol. The zero-order chi connectivity index (χ0) is 17.2. The van der Waals surface area contributed by atoms with Gasteiger partial charge in [-0.3, -0.25) is 4.79 Å². The first-order chi connectivity index (χ1) is 10.7. The number of ether oxygens (including phenoxy) is 1. The standard InChI is InChI=1S/C18H32N2O3/c1-13-6-8-19(11-14(13)2)16(21)10-15-7-9-20(12-15)17(22)23-18(3,4)5/h13-15H,6-12H2,1-5H3/t13-,14+,15-/m1/s1. The summed E-state index contributed by atoms with van der Waals surface area (Å²) in [7, 11) is 0. The van der Waals surface area contributed by atoms with Gasteiger partial charge in [0.25, 0.3) is 0 Å². The topological polar surface area (TPSA) is 49.9 Å². The molecule has 0 aliphatic carbocycles. The maximum Gasteiger partial charge on any atom is 0.410 e. The van der Waals surface area contributed by atoms with Crippen LogP contribution in [0.1, 0.15) is 53.9 Å². The average Bonchev–Trinajstić information content (AvgIpc) is 2.88. The van der Waals surface area contributed by atoms with Crippen molar-refractivity contribution in [3.05, 3.63) is 0 Å². The Morgan fingerprint density at radius 3 is 2.26 bits per heavy atom. The molecule has 0 bridgehead atoms. The molecule has 2 saturated heterocycles. The first-order valence-corrected chi connectivity index (χ1v) is 8.91. The van der Waals surface area contributed by atoms with Crippen LogP contribution in [0.3, 0.4) is 0 Å². The quantitative estimate of drug-likeness (QED) is 0.784. The predicted molar refractivity (Wildman–Crippen MR) is 90.1 cm³/mol. The summed E-state index contributed by atoms with van der Waals surface area (Å²) in [6.45, 7) is 13.2. The highest BCUT2D eigenvalue weighted by Crippen LogP contribution is 2.26. The first-order valence-electron chi connectivity index (χ1n) is 8.91. The molecule has 3 atom stereocenters. The molecule has 2 aliphatic rings. The summed E-state index contributed by atoms with van der Waals surface area (Å²) < 4.78 is 5.41. The summed E-state index contributed by atoms with van der Waals surface area (Å²) in [4.78, 5) is 28.3. The van der Waals surface area contributed by atoms with Crippen LogP contribution in [-0.4, -0.2) is 53.6 Å². The number of hydrogen-bond donors (Lipinski definition) is 0. The minimum absolute atomic E-state index is 0.250. The zero-order valence-corrected chi connectivity index (χ0v) is 15.3. The van der Waals surface area contributed by atoms with Gasteiger partial charge in [0.2, 0.25) is 5.91 Å². The molecule has 132 valence electrons. The highest BCUT2D eigenvalue weighted by atomic mass is 16.6. The van der Waals surface area contributed by atoms with Gasteiger partial charge in [0.05, 0.1) is 0 Å². The number of amides is 2. The maximum absolute atomic E-state index is 12.5. The van der Waals surface area contributed by atoms with E-state index in [0.29, 0.717) is 31.3 Å². The van der Waals surface area contributed by atoms with Gasteiger partial charge in [0.15, 0.2) is 0 Å². The third kappa shape index (κ3) is 5.11. The predicted octanol–water partition coefficient (Wildman–Crippen LogP) is 3.14. The molecule has 5 heteroatoms. The second-order valence-corrected chi connectivity index (χ2v) is 8.37. The smallest absolute Gasteiger partial charge is 0.410 e.